The second-order valence-corrected chi connectivity index (χ2v) is 6.48. The molecular formula is C14H21BrFNO. The minimum absolute atomic E-state index is 0.116. The monoisotopic (exact) mass is 317 g/mol. The second-order valence-electron chi connectivity index (χ2n) is 5.62. The van der Waals surface area contributed by atoms with Crippen molar-refractivity contribution in [3.63, 3.8) is 0 Å². The lowest BCUT2D eigenvalue weighted by molar-refractivity contribution is 0.243. The Bertz CT molecular complexity index is 390. The Labute approximate surface area is 117 Å². The Kier molecular flexibility index (Phi) is 5.60. The van der Waals surface area contributed by atoms with E-state index in [1.54, 1.807) is 6.07 Å². The van der Waals surface area contributed by atoms with Gasteiger partial charge in [0.05, 0.1) is 11.1 Å². The standard InChI is InChI=1S/C14H21BrFNO/c1-10(8-17-14(2,3)4)9-18-13-6-5-11(16)7-12(13)15/h5-7,10,17H,8-9H2,1-4H3. The molecule has 0 saturated heterocycles. The van der Waals surface area contributed by atoms with Crippen molar-refractivity contribution in [1.82, 2.24) is 5.32 Å². The molecular weight excluding hydrogens is 297 g/mol. The summed E-state index contributed by atoms with van der Waals surface area (Å²) in [5.41, 5.74) is 0.116. The van der Waals surface area contributed by atoms with Crippen LogP contribution in [0.15, 0.2) is 22.7 Å². The molecule has 1 aromatic carbocycles. The van der Waals surface area contributed by atoms with Crippen molar-refractivity contribution in [2.24, 2.45) is 5.92 Å². The van der Waals surface area contributed by atoms with E-state index in [1.165, 1.54) is 12.1 Å². The van der Waals surface area contributed by atoms with Crippen LogP contribution in [0, 0.1) is 11.7 Å². The lowest BCUT2D eigenvalue weighted by Crippen LogP contribution is -2.39. The van der Waals surface area contributed by atoms with Gasteiger partial charge in [-0.1, -0.05) is 6.92 Å². The van der Waals surface area contributed by atoms with Crippen molar-refractivity contribution in [3.8, 4) is 5.75 Å². The Hall–Kier alpha value is -0.610. The topological polar surface area (TPSA) is 21.3 Å². The zero-order chi connectivity index (χ0) is 13.8. The van der Waals surface area contributed by atoms with Crippen LogP contribution in [0.25, 0.3) is 0 Å². The van der Waals surface area contributed by atoms with E-state index in [1.807, 2.05) is 0 Å². The molecule has 0 saturated carbocycles. The number of halogens is 2. The average molecular weight is 318 g/mol. The molecule has 0 aliphatic heterocycles. The molecule has 0 fully saturated rings. The van der Waals surface area contributed by atoms with Crippen molar-refractivity contribution in [1.29, 1.82) is 0 Å². The molecule has 0 amide bonds. The molecule has 0 aliphatic carbocycles. The Morgan fingerprint density at radius 3 is 2.61 bits per heavy atom. The smallest absolute Gasteiger partial charge is 0.133 e. The molecule has 102 valence electrons. The fourth-order valence-electron chi connectivity index (χ4n) is 1.36. The van der Waals surface area contributed by atoms with Crippen molar-refractivity contribution >= 4 is 15.9 Å². The van der Waals surface area contributed by atoms with E-state index in [2.05, 4.69) is 48.9 Å². The number of ether oxygens (including phenoxy) is 1. The van der Waals surface area contributed by atoms with Crippen molar-refractivity contribution in [2.75, 3.05) is 13.2 Å². The Morgan fingerprint density at radius 2 is 2.06 bits per heavy atom. The van der Waals surface area contributed by atoms with Gasteiger partial charge in [0, 0.05) is 18.0 Å². The molecule has 0 aliphatic rings. The molecule has 1 N–H and O–H groups in total. The van der Waals surface area contributed by atoms with Gasteiger partial charge in [-0.25, -0.2) is 4.39 Å². The van der Waals surface area contributed by atoms with Gasteiger partial charge in [-0.3, -0.25) is 0 Å². The van der Waals surface area contributed by atoms with Gasteiger partial charge in [0.15, 0.2) is 0 Å². The summed E-state index contributed by atoms with van der Waals surface area (Å²) >= 11 is 3.29. The second kappa shape index (κ2) is 6.53. The summed E-state index contributed by atoms with van der Waals surface area (Å²) < 4.78 is 19.2. The maximum atomic E-state index is 12.9. The summed E-state index contributed by atoms with van der Waals surface area (Å²) in [6, 6.07) is 4.45. The molecule has 1 aromatic rings. The molecule has 0 bridgehead atoms. The van der Waals surface area contributed by atoms with Gasteiger partial charge in [0.2, 0.25) is 0 Å². The first-order valence-electron chi connectivity index (χ1n) is 6.11. The summed E-state index contributed by atoms with van der Waals surface area (Å²) in [5.74, 6) is 0.803. The summed E-state index contributed by atoms with van der Waals surface area (Å²) in [5, 5.41) is 3.43. The third kappa shape index (κ3) is 5.83. The van der Waals surface area contributed by atoms with Gasteiger partial charge in [0.25, 0.3) is 0 Å². The molecule has 18 heavy (non-hydrogen) atoms. The van der Waals surface area contributed by atoms with E-state index in [0.29, 0.717) is 22.7 Å². The van der Waals surface area contributed by atoms with Crippen LogP contribution in [0.1, 0.15) is 27.7 Å². The van der Waals surface area contributed by atoms with Crippen LogP contribution in [0.5, 0.6) is 5.75 Å². The molecule has 0 radical (unpaired) electrons. The number of rotatable bonds is 5. The summed E-state index contributed by atoms with van der Waals surface area (Å²) in [6.07, 6.45) is 0. The molecule has 0 spiro atoms. The highest BCUT2D eigenvalue weighted by Crippen LogP contribution is 2.25. The van der Waals surface area contributed by atoms with E-state index in [0.717, 1.165) is 6.54 Å². The number of nitrogens with one attached hydrogen (secondary N) is 1. The van der Waals surface area contributed by atoms with Gasteiger partial charge < -0.3 is 10.1 Å². The largest absolute Gasteiger partial charge is 0.492 e. The van der Waals surface area contributed by atoms with Crippen molar-refractivity contribution < 1.29 is 9.13 Å². The minimum Gasteiger partial charge on any atom is -0.492 e. The Balaban J connectivity index is 2.40. The highest BCUT2D eigenvalue weighted by atomic mass is 79.9. The third-order valence-electron chi connectivity index (χ3n) is 2.40. The molecule has 1 rings (SSSR count). The molecule has 1 unspecified atom stereocenters. The maximum absolute atomic E-state index is 12.9. The molecule has 0 aromatic heterocycles. The predicted molar refractivity (Wildman–Crippen MR) is 76.5 cm³/mol. The van der Waals surface area contributed by atoms with Gasteiger partial charge in [-0.05, 0) is 54.9 Å². The predicted octanol–water partition coefficient (Wildman–Crippen LogP) is 3.99. The van der Waals surface area contributed by atoms with Gasteiger partial charge >= 0.3 is 0 Å². The quantitative estimate of drug-likeness (QED) is 0.886. The molecule has 4 heteroatoms. The normalized spacial score (nSPS) is 13.4. The lowest BCUT2D eigenvalue weighted by Gasteiger charge is -2.23. The number of hydrogen-bond donors (Lipinski definition) is 1. The zero-order valence-corrected chi connectivity index (χ0v) is 13.0. The van der Waals surface area contributed by atoms with Gasteiger partial charge in [-0.2, -0.15) is 0 Å². The highest BCUT2D eigenvalue weighted by Gasteiger charge is 2.12. The van der Waals surface area contributed by atoms with E-state index in [-0.39, 0.29) is 11.4 Å². The zero-order valence-electron chi connectivity index (χ0n) is 11.4. The Morgan fingerprint density at radius 1 is 1.39 bits per heavy atom. The van der Waals surface area contributed by atoms with Crippen LogP contribution >= 0.6 is 15.9 Å². The first-order valence-corrected chi connectivity index (χ1v) is 6.90. The summed E-state index contributed by atoms with van der Waals surface area (Å²) in [4.78, 5) is 0. The first-order chi connectivity index (χ1) is 8.28. The fourth-order valence-corrected chi connectivity index (χ4v) is 1.83. The summed E-state index contributed by atoms with van der Waals surface area (Å²) in [7, 11) is 0. The van der Waals surface area contributed by atoms with Crippen molar-refractivity contribution in [2.45, 2.75) is 33.2 Å². The van der Waals surface area contributed by atoms with Gasteiger partial charge in [0.1, 0.15) is 11.6 Å². The van der Waals surface area contributed by atoms with Crippen LogP contribution in [-0.2, 0) is 0 Å². The third-order valence-corrected chi connectivity index (χ3v) is 3.02. The maximum Gasteiger partial charge on any atom is 0.133 e. The minimum atomic E-state index is -0.267. The lowest BCUT2D eigenvalue weighted by atomic mass is 10.1. The fraction of sp³-hybridized carbons (Fsp3) is 0.571. The molecule has 2 nitrogen and oxygen atoms in total. The van der Waals surface area contributed by atoms with Gasteiger partial charge in [-0.15, -0.1) is 0 Å². The average Bonchev–Trinajstić information content (AvgIpc) is 2.24. The van der Waals surface area contributed by atoms with Crippen LogP contribution in [0.4, 0.5) is 4.39 Å². The highest BCUT2D eigenvalue weighted by molar-refractivity contribution is 9.10. The van der Waals surface area contributed by atoms with Crippen LogP contribution in [0.2, 0.25) is 0 Å². The van der Waals surface area contributed by atoms with Crippen LogP contribution < -0.4 is 10.1 Å². The van der Waals surface area contributed by atoms with E-state index in [4.69, 9.17) is 4.74 Å². The van der Waals surface area contributed by atoms with E-state index >= 15 is 0 Å². The summed E-state index contributed by atoms with van der Waals surface area (Å²) in [6.45, 7) is 10.0. The molecule has 1 atom stereocenters. The number of hydrogen-bond acceptors (Lipinski definition) is 2. The SMILES string of the molecule is CC(CNC(C)(C)C)COc1ccc(F)cc1Br. The van der Waals surface area contributed by atoms with E-state index in [9.17, 15) is 4.39 Å². The van der Waals surface area contributed by atoms with Crippen molar-refractivity contribution in [3.05, 3.63) is 28.5 Å². The van der Waals surface area contributed by atoms with Crippen LogP contribution in [0.3, 0.4) is 0 Å². The first kappa shape index (κ1) is 15.4. The molecule has 0 heterocycles. The number of benzene rings is 1. The van der Waals surface area contributed by atoms with E-state index < -0.39 is 0 Å². The van der Waals surface area contributed by atoms with Crippen LogP contribution in [-0.4, -0.2) is 18.7 Å².